The highest BCUT2D eigenvalue weighted by Gasteiger charge is 2.24. The second-order valence-electron chi connectivity index (χ2n) is 6.06. The second kappa shape index (κ2) is 8.94. The SMILES string of the molecule is COc1ccc(OCC(=O)N(CC2CCCS2)c2ccccc2)cc1F. The summed E-state index contributed by atoms with van der Waals surface area (Å²) in [5.74, 6) is 0.940. The molecule has 1 atom stereocenters. The first-order chi connectivity index (χ1) is 12.7. The van der Waals surface area contributed by atoms with Crippen LogP contribution in [0.2, 0.25) is 0 Å². The minimum absolute atomic E-state index is 0.139. The predicted molar refractivity (Wildman–Crippen MR) is 103 cm³/mol. The average molecular weight is 375 g/mol. The Kier molecular flexibility index (Phi) is 6.39. The van der Waals surface area contributed by atoms with Crippen LogP contribution in [-0.2, 0) is 4.79 Å². The highest BCUT2D eigenvalue weighted by molar-refractivity contribution is 8.00. The molecule has 26 heavy (non-hydrogen) atoms. The fourth-order valence-corrected chi connectivity index (χ4v) is 4.17. The summed E-state index contributed by atoms with van der Waals surface area (Å²) in [7, 11) is 1.40. The van der Waals surface area contributed by atoms with E-state index in [1.165, 1.54) is 25.7 Å². The molecule has 1 aliphatic heterocycles. The summed E-state index contributed by atoms with van der Waals surface area (Å²) < 4.78 is 24.2. The van der Waals surface area contributed by atoms with Crippen molar-refractivity contribution in [2.45, 2.75) is 18.1 Å². The van der Waals surface area contributed by atoms with Crippen LogP contribution in [0.1, 0.15) is 12.8 Å². The van der Waals surface area contributed by atoms with Gasteiger partial charge in [0, 0.05) is 23.5 Å². The van der Waals surface area contributed by atoms with Crippen LogP contribution in [0.3, 0.4) is 0 Å². The molecule has 0 N–H and O–H groups in total. The van der Waals surface area contributed by atoms with E-state index in [2.05, 4.69) is 0 Å². The van der Waals surface area contributed by atoms with Crippen LogP contribution < -0.4 is 14.4 Å². The van der Waals surface area contributed by atoms with Crippen LogP contribution in [0, 0.1) is 5.82 Å². The third-order valence-electron chi connectivity index (χ3n) is 4.26. The Morgan fingerprint density at radius 1 is 1.27 bits per heavy atom. The molecule has 0 saturated carbocycles. The number of nitrogens with zero attached hydrogens (tertiary/aromatic N) is 1. The monoisotopic (exact) mass is 375 g/mol. The second-order valence-corrected chi connectivity index (χ2v) is 7.47. The average Bonchev–Trinajstić information content (AvgIpc) is 3.18. The molecule has 1 amide bonds. The zero-order valence-corrected chi connectivity index (χ0v) is 15.5. The predicted octanol–water partition coefficient (Wildman–Crippen LogP) is 4.14. The number of ether oxygens (including phenoxy) is 2. The number of anilines is 1. The molecule has 0 radical (unpaired) electrons. The zero-order chi connectivity index (χ0) is 18.4. The Morgan fingerprint density at radius 3 is 2.73 bits per heavy atom. The van der Waals surface area contributed by atoms with Gasteiger partial charge in [0.2, 0.25) is 0 Å². The van der Waals surface area contributed by atoms with Crippen molar-refractivity contribution < 1.29 is 18.7 Å². The first kappa shape index (κ1) is 18.6. The number of carbonyl (C=O) groups excluding carboxylic acids is 1. The lowest BCUT2D eigenvalue weighted by atomic mass is 10.2. The van der Waals surface area contributed by atoms with E-state index in [4.69, 9.17) is 9.47 Å². The van der Waals surface area contributed by atoms with Crippen LogP contribution in [0.15, 0.2) is 48.5 Å². The van der Waals surface area contributed by atoms with E-state index in [1.54, 1.807) is 11.0 Å². The largest absolute Gasteiger partial charge is 0.494 e. The van der Waals surface area contributed by atoms with Crippen LogP contribution in [0.4, 0.5) is 10.1 Å². The van der Waals surface area contributed by atoms with E-state index in [0.717, 1.165) is 17.9 Å². The molecule has 2 aromatic rings. The van der Waals surface area contributed by atoms with E-state index in [9.17, 15) is 9.18 Å². The zero-order valence-electron chi connectivity index (χ0n) is 14.7. The maximum atomic E-state index is 13.8. The number of para-hydroxylation sites is 1. The number of thioether (sulfide) groups is 1. The van der Waals surface area contributed by atoms with Crippen molar-refractivity contribution in [1.29, 1.82) is 0 Å². The third-order valence-corrected chi connectivity index (χ3v) is 5.65. The van der Waals surface area contributed by atoms with Crippen molar-refractivity contribution in [2.75, 3.05) is 30.9 Å². The van der Waals surface area contributed by atoms with Gasteiger partial charge in [-0.1, -0.05) is 18.2 Å². The van der Waals surface area contributed by atoms with Crippen molar-refractivity contribution in [3.05, 3.63) is 54.3 Å². The van der Waals surface area contributed by atoms with E-state index in [-0.39, 0.29) is 18.3 Å². The number of methoxy groups -OCH3 is 1. The maximum Gasteiger partial charge on any atom is 0.264 e. The molecular formula is C20H22FNO3S. The molecule has 0 aliphatic carbocycles. The molecule has 1 aliphatic rings. The quantitative estimate of drug-likeness (QED) is 0.729. The number of hydrogen-bond donors (Lipinski definition) is 0. The van der Waals surface area contributed by atoms with Crippen LogP contribution in [0.25, 0.3) is 0 Å². The summed E-state index contributed by atoms with van der Waals surface area (Å²) in [5, 5.41) is 0.442. The van der Waals surface area contributed by atoms with Gasteiger partial charge in [0.05, 0.1) is 7.11 Å². The topological polar surface area (TPSA) is 38.8 Å². The summed E-state index contributed by atoms with van der Waals surface area (Å²) in [6, 6.07) is 13.9. The maximum absolute atomic E-state index is 13.8. The van der Waals surface area contributed by atoms with Gasteiger partial charge >= 0.3 is 0 Å². The minimum Gasteiger partial charge on any atom is -0.494 e. The molecule has 1 unspecified atom stereocenters. The molecule has 1 saturated heterocycles. The fraction of sp³-hybridized carbons (Fsp3) is 0.350. The summed E-state index contributed by atoms with van der Waals surface area (Å²) in [5.41, 5.74) is 0.856. The highest BCUT2D eigenvalue weighted by Crippen LogP contribution is 2.29. The molecule has 4 nitrogen and oxygen atoms in total. The van der Waals surface area contributed by atoms with Gasteiger partial charge in [-0.2, -0.15) is 11.8 Å². The lowest BCUT2D eigenvalue weighted by Crippen LogP contribution is -2.39. The lowest BCUT2D eigenvalue weighted by Gasteiger charge is -2.25. The number of hydrogen-bond acceptors (Lipinski definition) is 4. The third kappa shape index (κ3) is 4.69. The van der Waals surface area contributed by atoms with Gasteiger partial charge in [-0.25, -0.2) is 4.39 Å². The van der Waals surface area contributed by atoms with Crippen LogP contribution in [0.5, 0.6) is 11.5 Å². The van der Waals surface area contributed by atoms with Crippen molar-refractivity contribution in [3.63, 3.8) is 0 Å². The number of benzene rings is 2. The Morgan fingerprint density at radius 2 is 2.08 bits per heavy atom. The fourth-order valence-electron chi connectivity index (χ4n) is 2.91. The van der Waals surface area contributed by atoms with Crippen molar-refractivity contribution in [1.82, 2.24) is 0 Å². The van der Waals surface area contributed by atoms with E-state index >= 15 is 0 Å². The first-order valence-corrected chi connectivity index (χ1v) is 9.65. The smallest absolute Gasteiger partial charge is 0.264 e. The summed E-state index contributed by atoms with van der Waals surface area (Å²) in [6.45, 7) is 0.520. The summed E-state index contributed by atoms with van der Waals surface area (Å²) in [6.07, 6.45) is 2.31. The molecular weight excluding hydrogens is 353 g/mol. The normalized spacial score (nSPS) is 16.3. The van der Waals surface area contributed by atoms with E-state index in [0.29, 0.717) is 17.5 Å². The summed E-state index contributed by atoms with van der Waals surface area (Å²) >= 11 is 1.91. The lowest BCUT2D eigenvalue weighted by molar-refractivity contribution is -0.120. The molecule has 2 aromatic carbocycles. The standard InChI is InChI=1S/C20H22FNO3S/c1-24-19-10-9-16(12-18(19)21)25-14-20(23)22(13-17-8-5-11-26-17)15-6-3-2-4-7-15/h2-4,6-7,9-10,12,17H,5,8,11,13-14H2,1H3. The Labute approximate surface area is 157 Å². The van der Waals surface area contributed by atoms with Gasteiger partial charge in [-0.05, 0) is 42.9 Å². The molecule has 0 aromatic heterocycles. The van der Waals surface area contributed by atoms with Crippen LogP contribution >= 0.6 is 11.8 Å². The Bertz CT molecular complexity index is 735. The van der Waals surface area contributed by atoms with E-state index in [1.807, 2.05) is 42.1 Å². The molecule has 1 heterocycles. The number of halogens is 1. The molecule has 138 valence electrons. The van der Waals surface area contributed by atoms with Gasteiger partial charge in [0.15, 0.2) is 18.2 Å². The number of rotatable bonds is 7. The minimum atomic E-state index is -0.514. The molecule has 6 heteroatoms. The number of amides is 1. The van der Waals surface area contributed by atoms with Crippen LogP contribution in [-0.4, -0.2) is 37.2 Å². The van der Waals surface area contributed by atoms with Gasteiger partial charge < -0.3 is 14.4 Å². The Balaban J connectivity index is 1.67. The van der Waals surface area contributed by atoms with Crippen molar-refractivity contribution >= 4 is 23.4 Å². The van der Waals surface area contributed by atoms with Gasteiger partial charge in [-0.3, -0.25) is 4.79 Å². The van der Waals surface area contributed by atoms with E-state index < -0.39 is 5.82 Å². The van der Waals surface area contributed by atoms with Crippen molar-refractivity contribution in [2.24, 2.45) is 0 Å². The van der Waals surface area contributed by atoms with Gasteiger partial charge in [0.1, 0.15) is 5.75 Å². The first-order valence-electron chi connectivity index (χ1n) is 8.60. The molecule has 3 rings (SSSR count). The molecule has 0 spiro atoms. The Hall–Kier alpha value is -2.21. The molecule has 1 fully saturated rings. The highest BCUT2D eigenvalue weighted by atomic mass is 32.2. The molecule has 0 bridgehead atoms. The number of carbonyl (C=O) groups is 1. The summed E-state index contributed by atoms with van der Waals surface area (Å²) in [4.78, 5) is 14.6. The van der Waals surface area contributed by atoms with Gasteiger partial charge in [0.25, 0.3) is 5.91 Å². The van der Waals surface area contributed by atoms with Gasteiger partial charge in [-0.15, -0.1) is 0 Å². The van der Waals surface area contributed by atoms with Crippen molar-refractivity contribution in [3.8, 4) is 11.5 Å².